The van der Waals surface area contributed by atoms with Crippen molar-refractivity contribution in [1.29, 1.82) is 0 Å². The normalized spacial score (nSPS) is 15.3. The Labute approximate surface area is 249 Å². The first-order valence-electron chi connectivity index (χ1n) is 14.6. The van der Waals surface area contributed by atoms with Crippen LogP contribution >= 0.6 is 22.7 Å². The maximum absolute atomic E-state index is 6.44. The second-order valence-electron chi connectivity index (χ2n) is 11.7. The molecule has 1 aliphatic rings. The molecule has 0 fully saturated rings. The van der Waals surface area contributed by atoms with Gasteiger partial charge in [0.15, 0.2) is 0 Å². The first-order chi connectivity index (χ1) is 20.7. The molecule has 0 radical (unpaired) electrons. The number of fused-ring (bicyclic) bond motifs is 12. The lowest BCUT2D eigenvalue weighted by Gasteiger charge is -2.15. The molecule has 42 heavy (non-hydrogen) atoms. The highest BCUT2D eigenvalue weighted by Gasteiger charge is 2.22. The number of para-hydroxylation sites is 1. The first kappa shape index (κ1) is 23.2. The highest BCUT2D eigenvalue weighted by Crippen LogP contribution is 2.48. The molecule has 0 saturated carbocycles. The van der Waals surface area contributed by atoms with Gasteiger partial charge in [0, 0.05) is 46.1 Å². The average Bonchev–Trinajstić information content (AvgIpc) is 3.70. The van der Waals surface area contributed by atoms with Crippen LogP contribution in [-0.4, -0.2) is 0 Å². The third-order valence-electron chi connectivity index (χ3n) is 9.27. The van der Waals surface area contributed by atoms with Crippen molar-refractivity contribution in [2.75, 3.05) is 0 Å². The van der Waals surface area contributed by atoms with Crippen LogP contribution in [0.4, 0.5) is 0 Å². The fraction of sp³-hybridized carbons (Fsp3) is 0.0769. The number of hydrogen-bond acceptors (Lipinski definition) is 3. The molecular formula is C39H24OS2. The van der Waals surface area contributed by atoms with Gasteiger partial charge in [-0.3, -0.25) is 0 Å². The SMILES string of the molecule is CC1CC=Cc2sc3cc4cc(-c5cccc6c5sc5ccccc56)c5cc6c(cc5c4cc3c21)oc1ccccc16. The number of furan rings is 1. The van der Waals surface area contributed by atoms with E-state index in [0.717, 1.165) is 17.6 Å². The molecule has 1 aliphatic carbocycles. The number of thiophene rings is 2. The van der Waals surface area contributed by atoms with Crippen LogP contribution in [0.1, 0.15) is 29.7 Å². The summed E-state index contributed by atoms with van der Waals surface area (Å²) in [6.07, 6.45) is 5.77. The molecule has 198 valence electrons. The molecule has 10 rings (SSSR count). The number of benzene rings is 6. The summed E-state index contributed by atoms with van der Waals surface area (Å²) in [4.78, 5) is 1.42. The van der Waals surface area contributed by atoms with Crippen LogP contribution in [0.5, 0.6) is 0 Å². The van der Waals surface area contributed by atoms with Crippen molar-refractivity contribution in [3.63, 3.8) is 0 Å². The van der Waals surface area contributed by atoms with Crippen LogP contribution in [0.15, 0.2) is 108 Å². The maximum atomic E-state index is 6.44. The van der Waals surface area contributed by atoms with Crippen molar-refractivity contribution < 1.29 is 4.42 Å². The number of hydrogen-bond donors (Lipinski definition) is 0. The van der Waals surface area contributed by atoms with Crippen LogP contribution in [0.3, 0.4) is 0 Å². The van der Waals surface area contributed by atoms with E-state index < -0.39 is 0 Å². The van der Waals surface area contributed by atoms with Gasteiger partial charge in [0.25, 0.3) is 0 Å². The van der Waals surface area contributed by atoms with Gasteiger partial charge in [-0.15, -0.1) is 22.7 Å². The second-order valence-corrected chi connectivity index (χ2v) is 13.8. The van der Waals surface area contributed by atoms with E-state index in [2.05, 4.69) is 116 Å². The Balaban J connectivity index is 1.39. The largest absolute Gasteiger partial charge is 0.456 e. The summed E-state index contributed by atoms with van der Waals surface area (Å²) in [5.74, 6) is 0.536. The monoisotopic (exact) mass is 572 g/mol. The highest BCUT2D eigenvalue weighted by atomic mass is 32.1. The van der Waals surface area contributed by atoms with E-state index in [0.29, 0.717) is 5.92 Å². The Kier molecular flexibility index (Phi) is 4.59. The molecule has 9 aromatic rings. The van der Waals surface area contributed by atoms with Crippen LogP contribution in [0, 0.1) is 0 Å². The molecule has 0 N–H and O–H groups in total. The third-order valence-corrected chi connectivity index (χ3v) is 11.6. The molecule has 0 spiro atoms. The number of allylic oxidation sites excluding steroid dienone is 1. The predicted molar refractivity (Wildman–Crippen MR) is 185 cm³/mol. The van der Waals surface area contributed by atoms with Gasteiger partial charge in [0.1, 0.15) is 11.2 Å². The molecule has 3 aromatic heterocycles. The topological polar surface area (TPSA) is 13.1 Å². The lowest BCUT2D eigenvalue weighted by molar-refractivity contribution is 0.669. The molecule has 0 aliphatic heterocycles. The van der Waals surface area contributed by atoms with Gasteiger partial charge in [-0.25, -0.2) is 0 Å². The van der Waals surface area contributed by atoms with Crippen LogP contribution in [-0.2, 0) is 0 Å². The molecule has 3 heterocycles. The van der Waals surface area contributed by atoms with Crippen LogP contribution in [0.25, 0.3) is 90.9 Å². The van der Waals surface area contributed by atoms with E-state index in [-0.39, 0.29) is 0 Å². The molecule has 6 aromatic carbocycles. The van der Waals surface area contributed by atoms with E-state index in [1.807, 2.05) is 22.7 Å². The highest BCUT2D eigenvalue weighted by molar-refractivity contribution is 7.26. The molecule has 0 bridgehead atoms. The molecule has 1 nitrogen and oxygen atoms in total. The van der Waals surface area contributed by atoms with Gasteiger partial charge < -0.3 is 4.42 Å². The van der Waals surface area contributed by atoms with Crippen molar-refractivity contribution >= 4 is 102 Å². The third kappa shape index (κ3) is 3.07. The molecule has 0 saturated heterocycles. The molecule has 3 heteroatoms. The Bertz CT molecular complexity index is 2620. The van der Waals surface area contributed by atoms with E-state index in [1.54, 1.807) is 0 Å². The first-order valence-corrected chi connectivity index (χ1v) is 16.2. The van der Waals surface area contributed by atoms with Gasteiger partial charge >= 0.3 is 0 Å². The minimum Gasteiger partial charge on any atom is -0.456 e. The number of rotatable bonds is 1. The smallest absolute Gasteiger partial charge is 0.136 e. The summed E-state index contributed by atoms with van der Waals surface area (Å²) < 4.78 is 10.5. The van der Waals surface area contributed by atoms with Crippen LogP contribution in [0.2, 0.25) is 0 Å². The Morgan fingerprint density at radius 1 is 0.595 bits per heavy atom. The second kappa shape index (κ2) is 8.32. The van der Waals surface area contributed by atoms with Gasteiger partial charge in [-0.1, -0.05) is 67.6 Å². The Morgan fingerprint density at radius 2 is 1.43 bits per heavy atom. The standard InChI is InChI=1S/C39H24OS2/c1-21-8-6-15-36-38(21)32-18-27-22(17-37(32)41-36)16-28(26-12-7-11-25-24-10-3-5-14-35(24)42-39(25)26)29-19-31-23-9-2-4-13-33(23)40-34(31)20-30(27)29/h2-7,9-21H,8H2,1H3. The fourth-order valence-electron chi connectivity index (χ4n) is 7.31. The summed E-state index contributed by atoms with van der Waals surface area (Å²) in [7, 11) is 0. The summed E-state index contributed by atoms with van der Waals surface area (Å²) >= 11 is 3.83. The van der Waals surface area contributed by atoms with Crippen molar-refractivity contribution in [3.05, 3.63) is 114 Å². The Hall–Kier alpha value is -4.44. The van der Waals surface area contributed by atoms with E-state index in [9.17, 15) is 0 Å². The fourth-order valence-corrected chi connectivity index (χ4v) is 9.83. The average molecular weight is 573 g/mol. The van der Waals surface area contributed by atoms with Gasteiger partial charge in [0.05, 0.1) is 0 Å². The Morgan fingerprint density at radius 3 is 2.38 bits per heavy atom. The maximum Gasteiger partial charge on any atom is 0.136 e. The minimum absolute atomic E-state index is 0.536. The van der Waals surface area contributed by atoms with Gasteiger partial charge in [-0.05, 0) is 98.9 Å². The summed E-state index contributed by atoms with van der Waals surface area (Å²) in [6.45, 7) is 2.36. The zero-order valence-electron chi connectivity index (χ0n) is 22.9. The van der Waals surface area contributed by atoms with E-state index >= 15 is 0 Å². The minimum atomic E-state index is 0.536. The van der Waals surface area contributed by atoms with E-state index in [4.69, 9.17) is 4.42 Å². The van der Waals surface area contributed by atoms with Gasteiger partial charge in [0.2, 0.25) is 0 Å². The zero-order chi connectivity index (χ0) is 27.5. The van der Waals surface area contributed by atoms with Crippen molar-refractivity contribution in [2.24, 2.45) is 0 Å². The quantitative estimate of drug-likeness (QED) is 0.178. The summed E-state index contributed by atoms with van der Waals surface area (Å²) in [5, 5.41) is 11.5. The van der Waals surface area contributed by atoms with Crippen molar-refractivity contribution in [1.82, 2.24) is 0 Å². The lowest BCUT2D eigenvalue weighted by atomic mass is 9.88. The molecule has 1 atom stereocenters. The summed E-state index contributed by atoms with van der Waals surface area (Å²) in [5.41, 5.74) is 5.99. The zero-order valence-corrected chi connectivity index (χ0v) is 24.5. The van der Waals surface area contributed by atoms with Crippen LogP contribution < -0.4 is 0 Å². The van der Waals surface area contributed by atoms with E-state index in [1.165, 1.54) is 84.1 Å². The van der Waals surface area contributed by atoms with Crippen molar-refractivity contribution in [3.8, 4) is 11.1 Å². The van der Waals surface area contributed by atoms with Crippen molar-refractivity contribution in [2.45, 2.75) is 19.3 Å². The molecule has 0 amide bonds. The summed E-state index contributed by atoms with van der Waals surface area (Å²) in [6, 6.07) is 36.0. The molecule has 1 unspecified atom stereocenters. The van der Waals surface area contributed by atoms with Gasteiger partial charge in [-0.2, -0.15) is 0 Å². The molecular weight excluding hydrogens is 549 g/mol. The lowest BCUT2D eigenvalue weighted by Crippen LogP contribution is -1.96. The predicted octanol–water partition coefficient (Wildman–Crippen LogP) is 12.7.